The van der Waals surface area contributed by atoms with Gasteiger partial charge in [-0.05, 0) is 37.1 Å². The second-order valence-electron chi connectivity index (χ2n) is 6.85. The molecule has 2 nitrogen and oxygen atoms in total. The molecule has 0 spiro atoms. The fourth-order valence-corrected chi connectivity index (χ4v) is 4.53. The normalized spacial score (nSPS) is 12.2. The highest BCUT2D eigenvalue weighted by Gasteiger charge is 2.20. The van der Waals surface area contributed by atoms with Crippen molar-refractivity contribution in [2.45, 2.75) is 13.8 Å². The summed E-state index contributed by atoms with van der Waals surface area (Å²) in [5.41, 5.74) is 8.07. The van der Waals surface area contributed by atoms with Gasteiger partial charge in [0.05, 0.1) is 11.0 Å². The Labute approximate surface area is 140 Å². The van der Waals surface area contributed by atoms with Gasteiger partial charge < -0.3 is 9.13 Å². The molecular weight excluding hydrogens is 292 g/mol. The van der Waals surface area contributed by atoms with E-state index >= 15 is 0 Å². The molecule has 0 saturated carbocycles. The maximum Gasteiger partial charge on any atom is 0.0528 e. The van der Waals surface area contributed by atoms with E-state index in [4.69, 9.17) is 0 Å². The van der Waals surface area contributed by atoms with Crippen LogP contribution in [0.5, 0.6) is 0 Å². The van der Waals surface area contributed by atoms with Crippen molar-refractivity contribution >= 4 is 43.6 Å². The van der Waals surface area contributed by atoms with Gasteiger partial charge in [-0.15, -0.1) is 0 Å². The Kier molecular flexibility index (Phi) is 2.52. The number of hydrogen-bond acceptors (Lipinski definition) is 0. The lowest BCUT2D eigenvalue weighted by Crippen LogP contribution is -1.95. The van der Waals surface area contributed by atoms with Crippen LogP contribution in [0.25, 0.3) is 43.6 Å². The van der Waals surface area contributed by atoms with Gasteiger partial charge in [0.1, 0.15) is 0 Å². The summed E-state index contributed by atoms with van der Waals surface area (Å²) < 4.78 is 4.71. The van der Waals surface area contributed by atoms with Gasteiger partial charge in [0, 0.05) is 46.7 Å². The number of hydrogen-bond donors (Lipinski definition) is 0. The van der Waals surface area contributed by atoms with E-state index in [0.29, 0.717) is 0 Å². The molecule has 5 aromatic rings. The molecule has 24 heavy (non-hydrogen) atoms. The van der Waals surface area contributed by atoms with Crippen molar-refractivity contribution in [3.63, 3.8) is 0 Å². The number of benzene rings is 3. The highest BCUT2D eigenvalue weighted by atomic mass is 15.0. The molecule has 0 aliphatic heterocycles. The molecule has 3 aromatic carbocycles. The van der Waals surface area contributed by atoms with Gasteiger partial charge in [-0.2, -0.15) is 0 Å². The van der Waals surface area contributed by atoms with E-state index in [1.54, 1.807) is 0 Å². The van der Waals surface area contributed by atoms with Crippen molar-refractivity contribution in [2.75, 3.05) is 0 Å². The SMILES string of the molecule is Cc1c(C)c2c(c3ccccc3n2C)c2c3ccccc3n(C)c12. The van der Waals surface area contributed by atoms with Gasteiger partial charge in [0.25, 0.3) is 0 Å². The maximum absolute atomic E-state index is 2.36. The Hall–Kier alpha value is -2.74. The average Bonchev–Trinajstić information content (AvgIpc) is 3.06. The van der Waals surface area contributed by atoms with Gasteiger partial charge in [-0.25, -0.2) is 0 Å². The summed E-state index contributed by atoms with van der Waals surface area (Å²) >= 11 is 0. The molecule has 5 rings (SSSR count). The van der Waals surface area contributed by atoms with Crippen LogP contribution in [0.4, 0.5) is 0 Å². The third-order valence-electron chi connectivity index (χ3n) is 5.74. The van der Waals surface area contributed by atoms with E-state index in [-0.39, 0.29) is 0 Å². The zero-order chi connectivity index (χ0) is 16.6. The quantitative estimate of drug-likeness (QED) is 0.352. The number of fused-ring (bicyclic) bond motifs is 7. The van der Waals surface area contributed by atoms with Crippen LogP contribution in [-0.2, 0) is 14.1 Å². The lowest BCUT2D eigenvalue weighted by Gasteiger charge is -2.10. The largest absolute Gasteiger partial charge is 0.343 e. The van der Waals surface area contributed by atoms with Crippen LogP contribution in [-0.4, -0.2) is 9.13 Å². The van der Waals surface area contributed by atoms with E-state index < -0.39 is 0 Å². The number of aryl methyl sites for hydroxylation is 4. The molecule has 0 bridgehead atoms. The molecule has 0 aliphatic rings. The van der Waals surface area contributed by atoms with Crippen molar-refractivity contribution in [3.8, 4) is 0 Å². The summed E-state index contributed by atoms with van der Waals surface area (Å²) in [7, 11) is 4.38. The second-order valence-corrected chi connectivity index (χ2v) is 6.85. The van der Waals surface area contributed by atoms with Crippen LogP contribution in [0.1, 0.15) is 11.1 Å². The molecule has 2 heterocycles. The van der Waals surface area contributed by atoms with Gasteiger partial charge in [-0.3, -0.25) is 0 Å². The molecule has 0 atom stereocenters. The number of para-hydroxylation sites is 2. The molecule has 118 valence electrons. The fraction of sp³-hybridized carbons (Fsp3) is 0.182. The minimum atomic E-state index is 1.30. The lowest BCUT2D eigenvalue weighted by molar-refractivity contribution is 0.995. The summed E-state index contributed by atoms with van der Waals surface area (Å²) in [5, 5.41) is 5.48. The average molecular weight is 312 g/mol. The molecular formula is C22H20N2. The van der Waals surface area contributed by atoms with Crippen molar-refractivity contribution in [3.05, 3.63) is 59.7 Å². The van der Waals surface area contributed by atoms with E-state index in [9.17, 15) is 0 Å². The zero-order valence-electron chi connectivity index (χ0n) is 14.5. The van der Waals surface area contributed by atoms with Crippen LogP contribution in [0.2, 0.25) is 0 Å². The Morgan fingerprint density at radius 2 is 0.958 bits per heavy atom. The van der Waals surface area contributed by atoms with Crippen LogP contribution >= 0.6 is 0 Å². The van der Waals surface area contributed by atoms with Crippen molar-refractivity contribution < 1.29 is 0 Å². The standard InChI is InChI=1S/C22H20N2/c1-13-14(2)22-20(16-10-6-8-12-18(16)24(22)4)19-15-9-5-7-11-17(15)23(3)21(13)19/h5-12H,1-4H3. The van der Waals surface area contributed by atoms with Gasteiger partial charge in [0.15, 0.2) is 0 Å². The molecule has 2 aromatic heterocycles. The summed E-state index contributed by atoms with van der Waals surface area (Å²) in [4.78, 5) is 0. The molecule has 0 fully saturated rings. The van der Waals surface area contributed by atoms with Gasteiger partial charge in [0.2, 0.25) is 0 Å². The van der Waals surface area contributed by atoms with E-state index in [1.165, 1.54) is 54.7 Å². The summed E-state index contributed by atoms with van der Waals surface area (Å²) in [6.45, 7) is 4.52. The zero-order valence-corrected chi connectivity index (χ0v) is 14.5. The Balaban J connectivity index is 2.28. The Morgan fingerprint density at radius 3 is 1.38 bits per heavy atom. The topological polar surface area (TPSA) is 9.86 Å². The first-order valence-corrected chi connectivity index (χ1v) is 8.44. The highest BCUT2D eigenvalue weighted by Crippen LogP contribution is 2.42. The first kappa shape index (κ1) is 13.7. The monoisotopic (exact) mass is 312 g/mol. The third-order valence-corrected chi connectivity index (χ3v) is 5.74. The third kappa shape index (κ3) is 1.42. The van der Waals surface area contributed by atoms with Crippen molar-refractivity contribution in [2.24, 2.45) is 14.1 Å². The predicted molar refractivity (Wildman–Crippen MR) is 104 cm³/mol. The molecule has 0 amide bonds. The van der Waals surface area contributed by atoms with Crippen LogP contribution in [0.3, 0.4) is 0 Å². The number of rotatable bonds is 0. The number of aromatic nitrogens is 2. The summed E-state index contributed by atoms with van der Waals surface area (Å²) in [6.07, 6.45) is 0. The molecule has 0 unspecified atom stereocenters. The van der Waals surface area contributed by atoms with E-state index in [0.717, 1.165) is 0 Å². The maximum atomic E-state index is 2.36. The van der Waals surface area contributed by atoms with E-state index in [2.05, 4.69) is 85.6 Å². The summed E-state index contributed by atoms with van der Waals surface area (Å²) in [5.74, 6) is 0. The minimum Gasteiger partial charge on any atom is -0.343 e. The second kappa shape index (κ2) is 4.41. The first-order chi connectivity index (χ1) is 11.6. The van der Waals surface area contributed by atoms with Crippen LogP contribution in [0.15, 0.2) is 48.5 Å². The van der Waals surface area contributed by atoms with Crippen molar-refractivity contribution in [1.82, 2.24) is 9.13 Å². The Morgan fingerprint density at radius 1 is 0.583 bits per heavy atom. The molecule has 0 N–H and O–H groups in total. The highest BCUT2D eigenvalue weighted by molar-refractivity contribution is 6.29. The Bertz CT molecular complexity index is 1180. The number of nitrogens with zero attached hydrogens (tertiary/aromatic N) is 2. The minimum absolute atomic E-state index is 1.30. The first-order valence-electron chi connectivity index (χ1n) is 8.44. The van der Waals surface area contributed by atoms with Crippen LogP contribution in [0, 0.1) is 13.8 Å². The lowest BCUT2D eigenvalue weighted by atomic mass is 9.98. The van der Waals surface area contributed by atoms with Crippen molar-refractivity contribution in [1.29, 1.82) is 0 Å². The smallest absolute Gasteiger partial charge is 0.0528 e. The molecule has 0 saturated heterocycles. The fourth-order valence-electron chi connectivity index (χ4n) is 4.53. The summed E-state index contributed by atoms with van der Waals surface area (Å²) in [6, 6.07) is 17.5. The van der Waals surface area contributed by atoms with Gasteiger partial charge in [-0.1, -0.05) is 36.4 Å². The van der Waals surface area contributed by atoms with Crippen LogP contribution < -0.4 is 0 Å². The predicted octanol–water partition coefficient (Wildman–Crippen LogP) is 5.59. The molecule has 0 aliphatic carbocycles. The van der Waals surface area contributed by atoms with E-state index in [1.807, 2.05) is 0 Å². The molecule has 2 heteroatoms. The molecule has 0 radical (unpaired) electrons. The van der Waals surface area contributed by atoms with Gasteiger partial charge >= 0.3 is 0 Å².